The van der Waals surface area contributed by atoms with Gasteiger partial charge >= 0.3 is 0 Å². The molecule has 0 bridgehead atoms. The zero-order chi connectivity index (χ0) is 13.3. The highest BCUT2D eigenvalue weighted by molar-refractivity contribution is 5.46. The molecule has 1 aliphatic rings. The highest BCUT2D eigenvalue weighted by Gasteiger charge is 2.13. The Morgan fingerprint density at radius 1 is 1.37 bits per heavy atom. The lowest BCUT2D eigenvalue weighted by Crippen LogP contribution is -2.24. The molecule has 1 fully saturated rings. The second-order valence-electron chi connectivity index (χ2n) is 4.33. The smallest absolute Gasteiger partial charge is 0.182 e. The maximum Gasteiger partial charge on any atom is 0.182 e. The summed E-state index contributed by atoms with van der Waals surface area (Å²) in [6.07, 6.45) is 6.25. The molecule has 1 aliphatic heterocycles. The Hall–Kier alpha value is -1.71. The van der Waals surface area contributed by atoms with Crippen LogP contribution in [-0.4, -0.2) is 42.4 Å². The molecule has 1 aromatic heterocycles. The van der Waals surface area contributed by atoms with Crippen LogP contribution < -0.4 is 5.32 Å². The molecule has 2 heterocycles. The Bertz CT molecular complexity index is 427. The van der Waals surface area contributed by atoms with Gasteiger partial charge in [0.1, 0.15) is 6.07 Å². The van der Waals surface area contributed by atoms with E-state index in [1.165, 1.54) is 6.20 Å². The van der Waals surface area contributed by atoms with E-state index in [4.69, 9.17) is 14.7 Å². The van der Waals surface area contributed by atoms with Crippen molar-refractivity contribution in [3.8, 4) is 6.07 Å². The molecule has 1 saturated heterocycles. The number of nitriles is 1. The van der Waals surface area contributed by atoms with Gasteiger partial charge in [0.2, 0.25) is 0 Å². The molecular formula is C13H18N4O2. The first-order valence-corrected chi connectivity index (χ1v) is 6.54. The molecular weight excluding hydrogens is 244 g/mol. The maximum atomic E-state index is 8.86. The van der Waals surface area contributed by atoms with Gasteiger partial charge in [0.25, 0.3) is 0 Å². The van der Waals surface area contributed by atoms with E-state index in [1.807, 2.05) is 6.07 Å². The minimum absolute atomic E-state index is 0.327. The zero-order valence-electron chi connectivity index (χ0n) is 10.8. The lowest BCUT2D eigenvalue weighted by Gasteiger charge is -2.22. The van der Waals surface area contributed by atoms with Gasteiger partial charge in [-0.05, 0) is 19.3 Å². The van der Waals surface area contributed by atoms with Crippen LogP contribution in [0.3, 0.4) is 0 Å². The predicted octanol–water partition coefficient (Wildman–Crippen LogP) is 1.35. The standard InChI is InChI=1S/C13H18N4O2/c14-10-12-13(17-6-5-15-12)16-4-1-7-19-11-2-8-18-9-3-11/h5-6,11H,1-4,7-9H2,(H,16,17). The zero-order valence-corrected chi connectivity index (χ0v) is 10.8. The van der Waals surface area contributed by atoms with E-state index in [2.05, 4.69) is 15.3 Å². The van der Waals surface area contributed by atoms with Crippen molar-refractivity contribution in [3.63, 3.8) is 0 Å². The molecule has 6 nitrogen and oxygen atoms in total. The number of anilines is 1. The van der Waals surface area contributed by atoms with E-state index in [0.29, 0.717) is 24.2 Å². The minimum atomic E-state index is 0.327. The van der Waals surface area contributed by atoms with Crippen molar-refractivity contribution >= 4 is 5.82 Å². The van der Waals surface area contributed by atoms with Crippen LogP contribution in [0.2, 0.25) is 0 Å². The van der Waals surface area contributed by atoms with E-state index >= 15 is 0 Å². The fourth-order valence-corrected chi connectivity index (χ4v) is 1.92. The summed E-state index contributed by atoms with van der Waals surface area (Å²) in [7, 11) is 0. The van der Waals surface area contributed by atoms with Crippen molar-refractivity contribution in [1.29, 1.82) is 5.26 Å². The Morgan fingerprint density at radius 2 is 2.16 bits per heavy atom. The Morgan fingerprint density at radius 3 is 2.95 bits per heavy atom. The van der Waals surface area contributed by atoms with Crippen LogP contribution in [0.25, 0.3) is 0 Å². The summed E-state index contributed by atoms with van der Waals surface area (Å²) >= 11 is 0. The number of ether oxygens (including phenoxy) is 2. The number of nitrogens with zero attached hydrogens (tertiary/aromatic N) is 3. The molecule has 0 spiro atoms. The molecule has 2 rings (SSSR count). The maximum absolute atomic E-state index is 8.86. The second-order valence-corrected chi connectivity index (χ2v) is 4.33. The average molecular weight is 262 g/mol. The second kappa shape index (κ2) is 7.67. The molecule has 0 saturated carbocycles. The van der Waals surface area contributed by atoms with Gasteiger partial charge in [0, 0.05) is 38.8 Å². The largest absolute Gasteiger partial charge is 0.381 e. The van der Waals surface area contributed by atoms with Gasteiger partial charge in [-0.2, -0.15) is 5.26 Å². The van der Waals surface area contributed by atoms with Crippen LogP contribution in [0, 0.1) is 11.3 Å². The first-order valence-electron chi connectivity index (χ1n) is 6.54. The predicted molar refractivity (Wildman–Crippen MR) is 69.6 cm³/mol. The third-order valence-electron chi connectivity index (χ3n) is 2.94. The van der Waals surface area contributed by atoms with Crippen molar-refractivity contribution in [2.24, 2.45) is 0 Å². The molecule has 102 valence electrons. The summed E-state index contributed by atoms with van der Waals surface area (Å²) in [5, 5.41) is 12.0. The van der Waals surface area contributed by atoms with Crippen molar-refractivity contribution in [1.82, 2.24) is 9.97 Å². The lowest BCUT2D eigenvalue weighted by atomic mass is 10.1. The number of nitrogens with one attached hydrogen (secondary N) is 1. The van der Waals surface area contributed by atoms with Crippen LogP contribution in [0.15, 0.2) is 12.4 Å². The van der Waals surface area contributed by atoms with Gasteiger partial charge in [-0.15, -0.1) is 0 Å². The third kappa shape index (κ3) is 4.47. The number of rotatable bonds is 6. The molecule has 19 heavy (non-hydrogen) atoms. The third-order valence-corrected chi connectivity index (χ3v) is 2.94. The van der Waals surface area contributed by atoms with E-state index < -0.39 is 0 Å². The summed E-state index contributed by atoms with van der Waals surface area (Å²) in [4.78, 5) is 8.02. The minimum Gasteiger partial charge on any atom is -0.381 e. The lowest BCUT2D eigenvalue weighted by molar-refractivity contribution is -0.0316. The van der Waals surface area contributed by atoms with Crippen LogP contribution in [-0.2, 0) is 9.47 Å². The van der Waals surface area contributed by atoms with Gasteiger partial charge in [-0.25, -0.2) is 9.97 Å². The van der Waals surface area contributed by atoms with Crippen LogP contribution in [0.4, 0.5) is 5.82 Å². The summed E-state index contributed by atoms with van der Waals surface area (Å²) in [5.41, 5.74) is 0.327. The Kier molecular flexibility index (Phi) is 5.53. The summed E-state index contributed by atoms with van der Waals surface area (Å²) in [6.45, 7) is 3.03. The van der Waals surface area contributed by atoms with E-state index in [-0.39, 0.29) is 0 Å². The van der Waals surface area contributed by atoms with Crippen molar-refractivity contribution in [2.45, 2.75) is 25.4 Å². The molecule has 0 aromatic carbocycles. The van der Waals surface area contributed by atoms with Crippen molar-refractivity contribution in [3.05, 3.63) is 18.1 Å². The number of hydrogen-bond acceptors (Lipinski definition) is 6. The quantitative estimate of drug-likeness (QED) is 0.779. The fourth-order valence-electron chi connectivity index (χ4n) is 1.92. The summed E-state index contributed by atoms with van der Waals surface area (Å²) < 4.78 is 11.0. The number of hydrogen-bond donors (Lipinski definition) is 1. The van der Waals surface area contributed by atoms with Gasteiger partial charge in [-0.3, -0.25) is 0 Å². The normalized spacial score (nSPS) is 15.9. The van der Waals surface area contributed by atoms with Gasteiger partial charge in [-0.1, -0.05) is 0 Å². The summed E-state index contributed by atoms with van der Waals surface area (Å²) in [5.74, 6) is 0.538. The fraction of sp³-hybridized carbons (Fsp3) is 0.615. The molecule has 0 atom stereocenters. The van der Waals surface area contributed by atoms with Crippen LogP contribution in [0.1, 0.15) is 25.0 Å². The first-order chi connectivity index (χ1) is 9.40. The highest BCUT2D eigenvalue weighted by atomic mass is 16.5. The first kappa shape index (κ1) is 13.7. The monoisotopic (exact) mass is 262 g/mol. The average Bonchev–Trinajstić information content (AvgIpc) is 2.48. The molecule has 6 heteroatoms. The van der Waals surface area contributed by atoms with E-state index in [0.717, 1.165) is 39.0 Å². The molecule has 0 aliphatic carbocycles. The summed E-state index contributed by atoms with van der Waals surface area (Å²) in [6, 6.07) is 2.01. The number of aromatic nitrogens is 2. The van der Waals surface area contributed by atoms with E-state index in [1.54, 1.807) is 6.20 Å². The van der Waals surface area contributed by atoms with Gasteiger partial charge in [0.15, 0.2) is 11.5 Å². The molecule has 0 radical (unpaired) electrons. The van der Waals surface area contributed by atoms with E-state index in [9.17, 15) is 0 Å². The van der Waals surface area contributed by atoms with Crippen LogP contribution >= 0.6 is 0 Å². The van der Waals surface area contributed by atoms with Crippen molar-refractivity contribution < 1.29 is 9.47 Å². The molecule has 1 aromatic rings. The molecule has 0 amide bonds. The van der Waals surface area contributed by atoms with Gasteiger partial charge in [0.05, 0.1) is 6.10 Å². The Balaban J connectivity index is 1.62. The van der Waals surface area contributed by atoms with Gasteiger partial charge < -0.3 is 14.8 Å². The Labute approximate surface area is 112 Å². The highest BCUT2D eigenvalue weighted by Crippen LogP contribution is 2.11. The molecule has 0 unspecified atom stereocenters. The topological polar surface area (TPSA) is 80.1 Å². The SMILES string of the molecule is N#Cc1nccnc1NCCCOC1CCOCC1. The van der Waals surface area contributed by atoms with Crippen molar-refractivity contribution in [2.75, 3.05) is 31.7 Å². The molecule has 1 N–H and O–H groups in total. The van der Waals surface area contributed by atoms with Crippen LogP contribution in [0.5, 0.6) is 0 Å².